The largest absolute Gasteiger partial charge is 0.380 e. The van der Waals surface area contributed by atoms with Gasteiger partial charge in [-0.2, -0.15) is 0 Å². The standard InChI is InChI=1S/C14H20F2N2/c1-10(2)18-7-5-12(6-8-18)17-14-9-11(15)3-4-13(14)16/h3-4,9-10,12,17H,5-8H2,1-2H3. The van der Waals surface area contributed by atoms with Crippen LogP contribution in [0.4, 0.5) is 14.5 Å². The summed E-state index contributed by atoms with van der Waals surface area (Å²) in [5, 5.41) is 3.11. The smallest absolute Gasteiger partial charge is 0.146 e. The van der Waals surface area contributed by atoms with E-state index in [0.29, 0.717) is 6.04 Å². The van der Waals surface area contributed by atoms with Crippen molar-refractivity contribution in [3.63, 3.8) is 0 Å². The van der Waals surface area contributed by atoms with E-state index in [1.165, 1.54) is 12.1 Å². The summed E-state index contributed by atoms with van der Waals surface area (Å²) in [5.41, 5.74) is 0.276. The van der Waals surface area contributed by atoms with Crippen LogP contribution in [0.15, 0.2) is 18.2 Å². The molecule has 1 saturated heterocycles. The van der Waals surface area contributed by atoms with Crippen molar-refractivity contribution in [1.29, 1.82) is 0 Å². The summed E-state index contributed by atoms with van der Waals surface area (Å²) in [4.78, 5) is 2.40. The Bertz CT molecular complexity index is 399. The van der Waals surface area contributed by atoms with Crippen LogP contribution in [0, 0.1) is 11.6 Å². The third-order valence-corrected chi connectivity index (χ3v) is 3.55. The van der Waals surface area contributed by atoms with Crippen molar-refractivity contribution >= 4 is 5.69 Å². The molecule has 1 aromatic rings. The van der Waals surface area contributed by atoms with E-state index < -0.39 is 5.82 Å². The Morgan fingerprint density at radius 2 is 1.89 bits per heavy atom. The number of likely N-dealkylation sites (tertiary alicyclic amines) is 1. The lowest BCUT2D eigenvalue weighted by Gasteiger charge is -2.35. The molecule has 2 rings (SSSR count). The van der Waals surface area contributed by atoms with Gasteiger partial charge in [-0.05, 0) is 44.9 Å². The van der Waals surface area contributed by atoms with E-state index in [4.69, 9.17) is 0 Å². The zero-order chi connectivity index (χ0) is 13.1. The zero-order valence-electron chi connectivity index (χ0n) is 10.9. The second-order valence-electron chi connectivity index (χ2n) is 5.17. The molecule has 0 saturated carbocycles. The summed E-state index contributed by atoms with van der Waals surface area (Å²) in [6, 6.07) is 4.32. The number of rotatable bonds is 3. The van der Waals surface area contributed by atoms with Gasteiger partial charge in [0.05, 0.1) is 5.69 Å². The molecule has 0 aliphatic carbocycles. The monoisotopic (exact) mass is 254 g/mol. The molecule has 0 atom stereocenters. The van der Waals surface area contributed by atoms with E-state index in [9.17, 15) is 8.78 Å². The van der Waals surface area contributed by atoms with Crippen LogP contribution in [0.25, 0.3) is 0 Å². The Labute approximate surface area is 107 Å². The number of piperidine rings is 1. The van der Waals surface area contributed by atoms with E-state index in [0.717, 1.165) is 32.0 Å². The lowest BCUT2D eigenvalue weighted by molar-refractivity contribution is 0.177. The molecule has 100 valence electrons. The Kier molecular flexibility index (Phi) is 4.17. The van der Waals surface area contributed by atoms with E-state index in [1.54, 1.807) is 0 Å². The number of halogens is 2. The Morgan fingerprint density at radius 3 is 2.50 bits per heavy atom. The van der Waals surface area contributed by atoms with Crippen molar-refractivity contribution in [2.75, 3.05) is 18.4 Å². The van der Waals surface area contributed by atoms with Crippen molar-refractivity contribution in [1.82, 2.24) is 4.90 Å². The molecule has 0 radical (unpaired) electrons. The van der Waals surface area contributed by atoms with Crippen LogP contribution in [0.3, 0.4) is 0 Å². The minimum atomic E-state index is -0.404. The summed E-state index contributed by atoms with van der Waals surface area (Å²) in [5.74, 6) is -0.791. The first-order chi connectivity index (χ1) is 8.56. The third kappa shape index (κ3) is 3.19. The number of anilines is 1. The number of hydrogen-bond acceptors (Lipinski definition) is 2. The first-order valence-corrected chi connectivity index (χ1v) is 6.52. The van der Waals surface area contributed by atoms with Gasteiger partial charge in [0.15, 0.2) is 0 Å². The molecule has 1 heterocycles. The average molecular weight is 254 g/mol. The Balaban J connectivity index is 1.93. The summed E-state index contributed by atoms with van der Waals surface area (Å²) in [6.07, 6.45) is 1.93. The molecular weight excluding hydrogens is 234 g/mol. The summed E-state index contributed by atoms with van der Waals surface area (Å²) in [6.45, 7) is 6.37. The lowest BCUT2D eigenvalue weighted by atomic mass is 10.0. The van der Waals surface area contributed by atoms with E-state index in [-0.39, 0.29) is 17.5 Å². The Hall–Kier alpha value is -1.16. The predicted octanol–water partition coefficient (Wildman–Crippen LogP) is 3.25. The van der Waals surface area contributed by atoms with Gasteiger partial charge in [0.25, 0.3) is 0 Å². The molecule has 18 heavy (non-hydrogen) atoms. The van der Waals surface area contributed by atoms with Crippen molar-refractivity contribution < 1.29 is 8.78 Å². The molecule has 1 aliphatic heterocycles. The Morgan fingerprint density at radius 1 is 1.22 bits per heavy atom. The second kappa shape index (κ2) is 5.65. The summed E-state index contributed by atoms with van der Waals surface area (Å²) >= 11 is 0. The van der Waals surface area contributed by atoms with Crippen LogP contribution in [0.1, 0.15) is 26.7 Å². The molecule has 0 spiro atoms. The second-order valence-corrected chi connectivity index (χ2v) is 5.17. The minimum absolute atomic E-state index is 0.233. The molecule has 1 aromatic carbocycles. The maximum absolute atomic E-state index is 13.5. The first kappa shape index (κ1) is 13.3. The van der Waals surface area contributed by atoms with Gasteiger partial charge < -0.3 is 10.2 Å². The van der Waals surface area contributed by atoms with Crippen molar-refractivity contribution in [3.8, 4) is 0 Å². The van der Waals surface area contributed by atoms with Crippen LogP contribution < -0.4 is 5.32 Å². The van der Waals surface area contributed by atoms with Gasteiger partial charge in [-0.25, -0.2) is 8.78 Å². The fraction of sp³-hybridized carbons (Fsp3) is 0.571. The first-order valence-electron chi connectivity index (χ1n) is 6.52. The fourth-order valence-electron chi connectivity index (χ4n) is 2.39. The van der Waals surface area contributed by atoms with Crippen LogP contribution in [-0.2, 0) is 0 Å². The van der Waals surface area contributed by atoms with Gasteiger partial charge in [0, 0.05) is 25.2 Å². The van der Waals surface area contributed by atoms with Crippen molar-refractivity contribution in [2.45, 2.75) is 38.8 Å². The number of benzene rings is 1. The molecule has 0 aromatic heterocycles. The minimum Gasteiger partial charge on any atom is -0.380 e. The fourth-order valence-corrected chi connectivity index (χ4v) is 2.39. The molecule has 2 nitrogen and oxygen atoms in total. The van der Waals surface area contributed by atoms with Gasteiger partial charge in [-0.3, -0.25) is 0 Å². The average Bonchev–Trinajstić information content (AvgIpc) is 2.34. The third-order valence-electron chi connectivity index (χ3n) is 3.55. The van der Waals surface area contributed by atoms with Gasteiger partial charge >= 0.3 is 0 Å². The maximum Gasteiger partial charge on any atom is 0.146 e. The number of nitrogens with one attached hydrogen (secondary N) is 1. The predicted molar refractivity (Wildman–Crippen MR) is 69.7 cm³/mol. The van der Waals surface area contributed by atoms with Gasteiger partial charge in [0.2, 0.25) is 0 Å². The summed E-state index contributed by atoms with van der Waals surface area (Å²) < 4.78 is 26.5. The summed E-state index contributed by atoms with van der Waals surface area (Å²) in [7, 11) is 0. The SMILES string of the molecule is CC(C)N1CCC(Nc2cc(F)ccc2F)CC1. The van der Waals surface area contributed by atoms with Crippen molar-refractivity contribution in [3.05, 3.63) is 29.8 Å². The molecule has 4 heteroatoms. The highest BCUT2D eigenvalue weighted by atomic mass is 19.1. The normalized spacial score (nSPS) is 18.3. The topological polar surface area (TPSA) is 15.3 Å². The molecule has 0 unspecified atom stereocenters. The zero-order valence-corrected chi connectivity index (χ0v) is 10.9. The van der Waals surface area contributed by atoms with Gasteiger partial charge in [0.1, 0.15) is 11.6 Å². The highest BCUT2D eigenvalue weighted by Crippen LogP contribution is 2.21. The highest BCUT2D eigenvalue weighted by molar-refractivity contribution is 5.45. The molecule has 0 bridgehead atoms. The van der Waals surface area contributed by atoms with Gasteiger partial charge in [-0.1, -0.05) is 0 Å². The molecule has 1 fully saturated rings. The van der Waals surface area contributed by atoms with Crippen LogP contribution in [0.2, 0.25) is 0 Å². The highest BCUT2D eigenvalue weighted by Gasteiger charge is 2.21. The van der Waals surface area contributed by atoms with E-state index in [2.05, 4.69) is 24.1 Å². The van der Waals surface area contributed by atoms with Crippen molar-refractivity contribution in [2.24, 2.45) is 0 Å². The lowest BCUT2D eigenvalue weighted by Crippen LogP contribution is -2.42. The molecule has 1 N–H and O–H groups in total. The van der Waals surface area contributed by atoms with Crippen LogP contribution in [-0.4, -0.2) is 30.1 Å². The number of hydrogen-bond donors (Lipinski definition) is 1. The molecule has 0 amide bonds. The van der Waals surface area contributed by atoms with Crippen LogP contribution in [0.5, 0.6) is 0 Å². The van der Waals surface area contributed by atoms with E-state index in [1.807, 2.05) is 0 Å². The molecular formula is C14H20F2N2. The molecule has 1 aliphatic rings. The van der Waals surface area contributed by atoms with Gasteiger partial charge in [-0.15, -0.1) is 0 Å². The van der Waals surface area contributed by atoms with E-state index >= 15 is 0 Å². The van der Waals surface area contributed by atoms with Crippen LogP contribution >= 0.6 is 0 Å². The quantitative estimate of drug-likeness (QED) is 0.890. The number of nitrogens with zero attached hydrogens (tertiary/aromatic N) is 1. The maximum atomic E-state index is 13.5.